The molecule has 0 radical (unpaired) electrons. The van der Waals surface area contributed by atoms with Crippen molar-refractivity contribution in [1.29, 1.82) is 0 Å². The minimum absolute atomic E-state index is 0.320. The van der Waals surface area contributed by atoms with Gasteiger partial charge in [0, 0.05) is 18.7 Å². The van der Waals surface area contributed by atoms with Gasteiger partial charge in [-0.25, -0.2) is 0 Å². The van der Waals surface area contributed by atoms with Gasteiger partial charge in [-0.3, -0.25) is 0 Å². The molecular formula is C20H35N5O2. The molecule has 1 aromatic carbocycles. The topological polar surface area (TPSA) is 104 Å². The summed E-state index contributed by atoms with van der Waals surface area (Å²) in [4.78, 5) is 2.75. The van der Waals surface area contributed by atoms with Crippen LogP contribution in [0.5, 0.6) is 0 Å². The summed E-state index contributed by atoms with van der Waals surface area (Å²) >= 11 is 0. The molecule has 0 unspecified atom stereocenters. The summed E-state index contributed by atoms with van der Waals surface area (Å²) < 4.78 is 0. The Morgan fingerprint density at radius 1 is 1.00 bits per heavy atom. The van der Waals surface area contributed by atoms with Gasteiger partial charge < -0.3 is 10.2 Å². The Labute approximate surface area is 163 Å². The molecule has 0 fully saturated rings. The number of azide groups is 1. The molecule has 0 amide bonds. The molecule has 0 heterocycles. The molecule has 0 aliphatic heterocycles. The van der Waals surface area contributed by atoms with Crippen LogP contribution >= 0.6 is 0 Å². The molecule has 0 saturated carbocycles. The fourth-order valence-corrected chi connectivity index (χ4v) is 3.22. The lowest BCUT2D eigenvalue weighted by Gasteiger charge is -2.33. The normalized spacial score (nSPS) is 11.3. The fraction of sp³-hybridized carbons (Fsp3) is 0.700. The Kier molecular flexibility index (Phi) is 11.5. The Morgan fingerprint density at radius 3 is 2.07 bits per heavy atom. The van der Waals surface area contributed by atoms with Crippen LogP contribution in [0.3, 0.4) is 0 Å². The number of hydrogen-bond donors (Lipinski definition) is 3. The second-order valence-electron chi connectivity index (χ2n) is 7.09. The molecule has 0 bridgehead atoms. The highest BCUT2D eigenvalue weighted by molar-refractivity contribution is 5.23. The van der Waals surface area contributed by atoms with Gasteiger partial charge in [0.2, 0.25) is 0 Å². The fourth-order valence-electron chi connectivity index (χ4n) is 3.22. The minimum Gasteiger partial charge on any atom is -0.391 e. The van der Waals surface area contributed by atoms with Crippen LogP contribution in [0.1, 0.15) is 63.0 Å². The van der Waals surface area contributed by atoms with E-state index in [-0.39, 0.29) is 13.2 Å². The second kappa shape index (κ2) is 13.4. The first-order valence-electron chi connectivity index (χ1n) is 9.98. The third-order valence-electron chi connectivity index (χ3n) is 5.10. The zero-order valence-corrected chi connectivity index (χ0v) is 16.8. The number of benzene rings is 1. The maximum absolute atomic E-state index is 9.78. The minimum atomic E-state index is -1.04. The van der Waals surface area contributed by atoms with Crippen LogP contribution in [-0.4, -0.2) is 41.1 Å². The first kappa shape index (κ1) is 23.2. The van der Waals surface area contributed by atoms with Crippen LogP contribution in [0.25, 0.3) is 10.4 Å². The van der Waals surface area contributed by atoms with E-state index < -0.39 is 5.54 Å². The molecule has 0 atom stereocenters. The highest BCUT2D eigenvalue weighted by Gasteiger charge is 2.39. The van der Waals surface area contributed by atoms with E-state index in [9.17, 15) is 10.2 Å². The molecule has 1 aromatic rings. The van der Waals surface area contributed by atoms with E-state index in [0.29, 0.717) is 12.8 Å². The number of hydrogen-bond acceptors (Lipinski definition) is 4. The molecule has 1 rings (SSSR count). The summed E-state index contributed by atoms with van der Waals surface area (Å²) in [6.07, 6.45) is 10.0. The maximum atomic E-state index is 9.78. The zero-order chi connectivity index (χ0) is 20.0. The second-order valence-corrected chi connectivity index (χ2v) is 7.09. The monoisotopic (exact) mass is 377 g/mol. The van der Waals surface area contributed by atoms with Crippen molar-refractivity contribution in [2.75, 3.05) is 20.3 Å². The van der Waals surface area contributed by atoms with Crippen LogP contribution in [0, 0.1) is 0 Å². The van der Waals surface area contributed by atoms with Gasteiger partial charge in [-0.2, -0.15) is 15.5 Å². The molecule has 0 aliphatic carbocycles. The number of aliphatic hydroxyl groups excluding tert-OH is 2. The van der Waals surface area contributed by atoms with Crippen molar-refractivity contribution < 1.29 is 10.2 Å². The Morgan fingerprint density at radius 2 is 1.56 bits per heavy atom. The molecule has 152 valence electrons. The van der Waals surface area contributed by atoms with Crippen molar-refractivity contribution in [3.63, 3.8) is 0 Å². The van der Waals surface area contributed by atoms with Crippen LogP contribution in [0.15, 0.2) is 29.5 Å². The van der Waals surface area contributed by atoms with Crippen LogP contribution in [-0.2, 0) is 12.8 Å². The molecule has 0 aliphatic rings. The number of unbranched alkanes of at least 4 members (excludes halogenated alkanes) is 5. The maximum Gasteiger partial charge on any atom is 0.175 e. The van der Waals surface area contributed by atoms with Crippen molar-refractivity contribution in [1.82, 2.24) is 10.5 Å². The highest BCUT2D eigenvalue weighted by Crippen LogP contribution is 2.21. The van der Waals surface area contributed by atoms with Gasteiger partial charge >= 0.3 is 0 Å². The van der Waals surface area contributed by atoms with Gasteiger partial charge in [0.05, 0.1) is 13.2 Å². The van der Waals surface area contributed by atoms with Gasteiger partial charge in [-0.05, 0) is 30.4 Å². The van der Waals surface area contributed by atoms with Gasteiger partial charge in [-0.1, -0.05) is 63.3 Å². The van der Waals surface area contributed by atoms with E-state index in [1.165, 1.54) is 49.2 Å². The van der Waals surface area contributed by atoms with E-state index in [4.69, 9.17) is 5.53 Å². The number of rotatable bonds is 15. The van der Waals surface area contributed by atoms with Crippen molar-refractivity contribution in [3.8, 4) is 0 Å². The van der Waals surface area contributed by atoms with Crippen molar-refractivity contribution in [2.45, 2.75) is 70.3 Å². The Balaban J connectivity index is 2.54. The quantitative estimate of drug-likeness (QED) is 0.142. The van der Waals surface area contributed by atoms with Crippen LogP contribution < -0.4 is 5.43 Å². The standard InChI is InChI=1S/C20H35N5O2/c1-3-4-5-6-7-8-9-18-10-12-19(13-11-18)14-15-20(16-26,17-27)25(22-2)24-23-21/h10-13,22,26-27H,3-9,14-17H2,1-2H3. The lowest BCUT2D eigenvalue weighted by molar-refractivity contribution is -0.0454. The molecule has 27 heavy (non-hydrogen) atoms. The van der Waals surface area contributed by atoms with Crippen molar-refractivity contribution in [2.24, 2.45) is 5.22 Å². The summed E-state index contributed by atoms with van der Waals surface area (Å²) in [6, 6.07) is 8.51. The third kappa shape index (κ3) is 7.77. The molecule has 0 aromatic heterocycles. The number of nitrogens with zero attached hydrogens (tertiary/aromatic N) is 4. The largest absolute Gasteiger partial charge is 0.391 e. The average molecular weight is 378 g/mol. The van der Waals surface area contributed by atoms with Crippen LogP contribution in [0.2, 0.25) is 0 Å². The Hall–Kier alpha value is -1.79. The molecule has 7 nitrogen and oxygen atoms in total. The highest BCUT2D eigenvalue weighted by atomic mass is 16.3. The summed E-state index contributed by atoms with van der Waals surface area (Å²) in [5, 5.41) is 24.3. The van der Waals surface area contributed by atoms with Gasteiger partial charge in [0.15, 0.2) is 5.54 Å². The van der Waals surface area contributed by atoms with Gasteiger partial charge in [0.25, 0.3) is 0 Å². The zero-order valence-electron chi connectivity index (χ0n) is 16.8. The van der Waals surface area contributed by atoms with Crippen molar-refractivity contribution in [3.05, 3.63) is 45.8 Å². The van der Waals surface area contributed by atoms with E-state index >= 15 is 0 Å². The first-order valence-corrected chi connectivity index (χ1v) is 9.98. The Bertz CT molecular complexity index is 554. The van der Waals surface area contributed by atoms with Gasteiger partial charge in [-0.15, -0.1) is 5.53 Å². The molecular weight excluding hydrogens is 342 g/mol. The molecule has 0 saturated heterocycles. The first-order chi connectivity index (χ1) is 13.2. The predicted molar refractivity (Wildman–Crippen MR) is 109 cm³/mol. The number of aryl methyl sites for hydroxylation is 2. The number of aliphatic hydroxyl groups is 2. The van der Waals surface area contributed by atoms with E-state index in [1.807, 2.05) is 0 Å². The molecule has 0 spiro atoms. The number of nitrogens with one attached hydrogen (secondary N) is 1. The predicted octanol–water partition coefficient (Wildman–Crippen LogP) is 3.91. The molecule has 3 N–H and O–H groups in total. The summed E-state index contributed by atoms with van der Waals surface area (Å²) in [7, 11) is 1.59. The van der Waals surface area contributed by atoms with E-state index in [0.717, 1.165) is 12.0 Å². The van der Waals surface area contributed by atoms with E-state index in [2.05, 4.69) is 46.7 Å². The summed E-state index contributed by atoms with van der Waals surface area (Å²) in [6.45, 7) is 1.60. The van der Waals surface area contributed by atoms with Gasteiger partial charge in [0.1, 0.15) is 0 Å². The lowest BCUT2D eigenvalue weighted by atomic mass is 9.92. The number of hydrazine groups is 1. The SMILES string of the molecule is CCCCCCCCc1ccc(CCC(CO)(CO)N(N=[N+]=[N-])NC)cc1. The molecule has 7 heteroatoms. The van der Waals surface area contributed by atoms with Crippen molar-refractivity contribution >= 4 is 0 Å². The summed E-state index contributed by atoms with van der Waals surface area (Å²) in [5.74, 6) is 0. The lowest BCUT2D eigenvalue weighted by Crippen LogP contribution is -2.56. The smallest absolute Gasteiger partial charge is 0.175 e. The van der Waals surface area contributed by atoms with E-state index in [1.54, 1.807) is 7.05 Å². The van der Waals surface area contributed by atoms with Crippen LogP contribution in [0.4, 0.5) is 0 Å². The average Bonchev–Trinajstić information content (AvgIpc) is 2.71. The third-order valence-corrected chi connectivity index (χ3v) is 5.10. The summed E-state index contributed by atoms with van der Waals surface area (Å²) in [5.41, 5.74) is 12.8.